The lowest BCUT2D eigenvalue weighted by atomic mass is 10.1. The van der Waals surface area contributed by atoms with Crippen LogP contribution in [-0.4, -0.2) is 62.1 Å². The van der Waals surface area contributed by atoms with Crippen molar-refractivity contribution < 1.29 is 13.9 Å². The summed E-state index contributed by atoms with van der Waals surface area (Å²) in [7, 11) is 7.46. The van der Waals surface area contributed by atoms with Crippen LogP contribution in [0.3, 0.4) is 0 Å². The molecule has 0 radical (unpaired) electrons. The Kier molecular flexibility index (Phi) is 9.88. The van der Waals surface area contributed by atoms with Gasteiger partial charge in [0.2, 0.25) is 11.9 Å². The molecule has 0 bridgehead atoms. The number of hydrogen-bond donors (Lipinski definition) is 3. The van der Waals surface area contributed by atoms with E-state index in [0.29, 0.717) is 40.6 Å². The standard InChI is InChI=1S/C32H33FN8O2/c1-6-30(42)36-26-17-27(29(43-5)18-28(26)41(4)16-15-40(2)3)38-32-35-20-23(22-13-11-21(19-34)12-14-22)31(39-32)37-25-10-8-7-9-24(25)33/h6-14,17-18,20H,1,15-16H2,2-5H3,(H,36,42)(H2,35,37,38,39). The second-order valence-electron chi connectivity index (χ2n) is 9.86. The largest absolute Gasteiger partial charge is 0.494 e. The average Bonchev–Trinajstić information content (AvgIpc) is 3.01. The van der Waals surface area contributed by atoms with Crippen LogP contribution in [0.4, 0.5) is 38.9 Å². The number of methoxy groups -OCH3 is 1. The Balaban J connectivity index is 1.76. The Bertz CT molecular complexity index is 1650. The molecule has 1 amide bonds. The number of nitrogens with one attached hydrogen (secondary N) is 3. The maximum Gasteiger partial charge on any atom is 0.247 e. The Morgan fingerprint density at radius 3 is 2.44 bits per heavy atom. The van der Waals surface area contributed by atoms with Gasteiger partial charge >= 0.3 is 0 Å². The van der Waals surface area contributed by atoms with E-state index in [1.54, 1.807) is 61.8 Å². The summed E-state index contributed by atoms with van der Waals surface area (Å²) in [5.74, 6) is 0.222. The third-order valence-electron chi connectivity index (χ3n) is 6.54. The van der Waals surface area contributed by atoms with Crippen molar-refractivity contribution in [2.75, 3.05) is 62.2 Å². The first-order valence-corrected chi connectivity index (χ1v) is 13.4. The smallest absolute Gasteiger partial charge is 0.247 e. The van der Waals surface area contributed by atoms with Gasteiger partial charge in [-0.2, -0.15) is 10.2 Å². The van der Waals surface area contributed by atoms with Crippen molar-refractivity contribution in [3.63, 3.8) is 0 Å². The fraction of sp³-hybridized carbons (Fsp3) is 0.188. The molecule has 1 heterocycles. The Labute approximate surface area is 250 Å². The number of para-hydroxylation sites is 1. The van der Waals surface area contributed by atoms with Crippen molar-refractivity contribution in [2.45, 2.75) is 0 Å². The highest BCUT2D eigenvalue weighted by molar-refractivity contribution is 6.02. The molecule has 3 N–H and O–H groups in total. The molecular formula is C32H33FN8O2. The Morgan fingerprint density at radius 2 is 1.79 bits per heavy atom. The van der Waals surface area contributed by atoms with Gasteiger partial charge in [0, 0.05) is 38.0 Å². The van der Waals surface area contributed by atoms with Crippen LogP contribution in [0.5, 0.6) is 5.75 Å². The number of rotatable bonds is 12. The molecule has 0 spiro atoms. The molecule has 0 aliphatic carbocycles. The summed E-state index contributed by atoms with van der Waals surface area (Å²) in [6, 6.07) is 18.9. The van der Waals surface area contributed by atoms with Gasteiger partial charge in [-0.1, -0.05) is 30.8 Å². The monoisotopic (exact) mass is 580 g/mol. The predicted molar refractivity (Wildman–Crippen MR) is 169 cm³/mol. The quantitative estimate of drug-likeness (QED) is 0.179. The van der Waals surface area contributed by atoms with Crippen LogP contribution in [0, 0.1) is 17.1 Å². The first-order chi connectivity index (χ1) is 20.7. The van der Waals surface area contributed by atoms with Crippen LogP contribution >= 0.6 is 0 Å². The minimum Gasteiger partial charge on any atom is -0.494 e. The van der Waals surface area contributed by atoms with E-state index in [1.807, 2.05) is 32.1 Å². The van der Waals surface area contributed by atoms with Gasteiger partial charge in [0.15, 0.2) is 0 Å². The number of benzene rings is 3. The molecule has 4 rings (SSSR count). The zero-order valence-corrected chi connectivity index (χ0v) is 24.5. The van der Waals surface area contributed by atoms with E-state index >= 15 is 0 Å². The molecule has 0 saturated heterocycles. The number of aromatic nitrogens is 2. The highest BCUT2D eigenvalue weighted by Crippen LogP contribution is 2.38. The predicted octanol–water partition coefficient (Wildman–Crippen LogP) is 5.77. The fourth-order valence-corrected chi connectivity index (χ4v) is 4.19. The second kappa shape index (κ2) is 13.9. The fourth-order valence-electron chi connectivity index (χ4n) is 4.19. The van der Waals surface area contributed by atoms with Gasteiger partial charge in [-0.15, -0.1) is 0 Å². The lowest BCUT2D eigenvalue weighted by Gasteiger charge is -2.26. The number of likely N-dealkylation sites (N-methyl/N-ethyl adjacent to an activating group) is 2. The third-order valence-corrected chi connectivity index (χ3v) is 6.54. The summed E-state index contributed by atoms with van der Waals surface area (Å²) in [4.78, 5) is 25.6. The molecule has 1 aromatic heterocycles. The SMILES string of the molecule is C=CC(=O)Nc1cc(Nc2ncc(-c3ccc(C#N)cc3)c(Nc3ccccc3F)n2)c(OC)cc1N(C)CCN(C)C. The average molecular weight is 581 g/mol. The molecular weight excluding hydrogens is 547 g/mol. The molecule has 4 aromatic rings. The summed E-state index contributed by atoms with van der Waals surface area (Å²) in [6.45, 7) is 5.06. The summed E-state index contributed by atoms with van der Waals surface area (Å²) >= 11 is 0. The van der Waals surface area contributed by atoms with Crippen molar-refractivity contribution in [3.05, 3.63) is 90.9 Å². The van der Waals surface area contributed by atoms with Gasteiger partial charge in [0.1, 0.15) is 17.4 Å². The van der Waals surface area contributed by atoms with Crippen molar-refractivity contribution in [1.29, 1.82) is 5.26 Å². The van der Waals surface area contributed by atoms with Crippen LogP contribution in [-0.2, 0) is 4.79 Å². The van der Waals surface area contributed by atoms with E-state index in [1.165, 1.54) is 12.1 Å². The molecule has 0 fully saturated rings. The second-order valence-corrected chi connectivity index (χ2v) is 9.86. The van der Waals surface area contributed by atoms with Crippen molar-refractivity contribution in [3.8, 4) is 22.9 Å². The van der Waals surface area contributed by atoms with Crippen LogP contribution < -0.4 is 25.6 Å². The van der Waals surface area contributed by atoms with Gasteiger partial charge in [-0.25, -0.2) is 9.37 Å². The van der Waals surface area contributed by atoms with Crippen molar-refractivity contribution in [1.82, 2.24) is 14.9 Å². The van der Waals surface area contributed by atoms with Crippen LogP contribution in [0.25, 0.3) is 11.1 Å². The molecule has 10 nitrogen and oxygen atoms in total. The van der Waals surface area contributed by atoms with E-state index < -0.39 is 5.82 Å². The van der Waals surface area contributed by atoms with E-state index in [0.717, 1.165) is 17.8 Å². The van der Waals surface area contributed by atoms with Crippen LogP contribution in [0.1, 0.15) is 5.56 Å². The van der Waals surface area contributed by atoms with Gasteiger partial charge in [-0.05, 0) is 56.1 Å². The number of amides is 1. The topological polar surface area (TPSA) is 118 Å². The zero-order chi connectivity index (χ0) is 30.9. The van der Waals surface area contributed by atoms with E-state index in [4.69, 9.17) is 4.74 Å². The molecule has 0 saturated carbocycles. The lowest BCUT2D eigenvalue weighted by Crippen LogP contribution is -2.29. The number of anilines is 6. The highest BCUT2D eigenvalue weighted by atomic mass is 19.1. The van der Waals surface area contributed by atoms with Gasteiger partial charge in [0.25, 0.3) is 0 Å². The van der Waals surface area contributed by atoms with E-state index in [-0.39, 0.29) is 17.5 Å². The summed E-state index contributed by atoms with van der Waals surface area (Å²) in [5.41, 5.74) is 3.86. The Morgan fingerprint density at radius 1 is 1.05 bits per heavy atom. The van der Waals surface area contributed by atoms with E-state index in [9.17, 15) is 14.4 Å². The number of hydrogen-bond acceptors (Lipinski definition) is 9. The maximum absolute atomic E-state index is 14.6. The first-order valence-electron chi connectivity index (χ1n) is 13.4. The highest BCUT2D eigenvalue weighted by Gasteiger charge is 2.18. The number of ether oxygens (including phenoxy) is 1. The molecule has 0 aliphatic rings. The Hall–Kier alpha value is -5.47. The zero-order valence-electron chi connectivity index (χ0n) is 24.5. The molecule has 220 valence electrons. The molecule has 43 heavy (non-hydrogen) atoms. The third kappa shape index (κ3) is 7.63. The number of nitrogens with zero attached hydrogens (tertiary/aromatic N) is 5. The molecule has 0 aliphatic heterocycles. The summed E-state index contributed by atoms with van der Waals surface area (Å²) in [5, 5.41) is 18.3. The molecule has 11 heteroatoms. The van der Waals surface area contributed by atoms with Gasteiger partial charge < -0.3 is 30.5 Å². The summed E-state index contributed by atoms with van der Waals surface area (Å²) < 4.78 is 20.3. The van der Waals surface area contributed by atoms with Gasteiger partial charge in [0.05, 0.1) is 41.5 Å². The van der Waals surface area contributed by atoms with E-state index in [2.05, 4.69) is 43.5 Å². The number of carbonyl (C=O) groups excluding carboxylic acids is 1. The minimum atomic E-state index is -0.445. The first kappa shape index (κ1) is 30.5. The van der Waals surface area contributed by atoms with Crippen LogP contribution in [0.2, 0.25) is 0 Å². The summed E-state index contributed by atoms with van der Waals surface area (Å²) in [6.07, 6.45) is 2.81. The van der Waals surface area contributed by atoms with Gasteiger partial charge in [-0.3, -0.25) is 4.79 Å². The lowest BCUT2D eigenvalue weighted by molar-refractivity contribution is -0.111. The van der Waals surface area contributed by atoms with Crippen molar-refractivity contribution >= 4 is 40.4 Å². The maximum atomic E-state index is 14.6. The number of nitriles is 1. The molecule has 0 atom stereocenters. The normalized spacial score (nSPS) is 10.5. The number of carbonyl (C=O) groups is 1. The van der Waals surface area contributed by atoms with Crippen molar-refractivity contribution in [2.24, 2.45) is 0 Å². The minimum absolute atomic E-state index is 0.198. The number of halogens is 1. The van der Waals surface area contributed by atoms with Crippen LogP contribution in [0.15, 0.2) is 79.5 Å². The molecule has 3 aromatic carbocycles. The molecule has 0 unspecified atom stereocenters.